The zero-order valence-corrected chi connectivity index (χ0v) is 9.67. The van der Waals surface area contributed by atoms with Gasteiger partial charge in [0, 0.05) is 12.2 Å². The molecule has 0 spiro atoms. The van der Waals surface area contributed by atoms with Gasteiger partial charge in [-0.3, -0.25) is 0 Å². The minimum atomic E-state index is -0.456. The number of halogens is 1. The Morgan fingerprint density at radius 3 is 2.82 bits per heavy atom. The van der Waals surface area contributed by atoms with Crippen LogP contribution in [0, 0.1) is 23.1 Å². The molecule has 1 aliphatic rings. The topological polar surface area (TPSA) is 47.9 Å². The lowest BCUT2D eigenvalue weighted by atomic mass is 9.98. The largest absolute Gasteiger partial charge is 0.385 e. The first kappa shape index (κ1) is 11.9. The predicted octanol–water partition coefficient (Wildman–Crippen LogP) is 2.11. The highest BCUT2D eigenvalue weighted by Gasteiger charge is 2.12. The molecule has 0 unspecified atom stereocenters. The molecule has 1 aliphatic heterocycles. The van der Waals surface area contributed by atoms with Crippen LogP contribution in [0.25, 0.3) is 0 Å². The molecule has 90 valence electrons. The summed E-state index contributed by atoms with van der Waals surface area (Å²) in [5.41, 5.74) is 0.845. The Hall–Kier alpha value is -1.60. The van der Waals surface area contributed by atoms with Crippen LogP contribution in [-0.2, 0) is 0 Å². The second kappa shape index (κ2) is 5.65. The third-order valence-corrected chi connectivity index (χ3v) is 3.14. The smallest absolute Gasteiger partial charge is 0.143 e. The summed E-state index contributed by atoms with van der Waals surface area (Å²) in [6.07, 6.45) is 2.32. The van der Waals surface area contributed by atoms with Crippen molar-refractivity contribution in [2.24, 2.45) is 5.92 Å². The van der Waals surface area contributed by atoms with E-state index in [-0.39, 0.29) is 5.56 Å². The van der Waals surface area contributed by atoms with Crippen molar-refractivity contribution < 1.29 is 4.39 Å². The fraction of sp³-hybridized carbons (Fsp3) is 0.462. The lowest BCUT2D eigenvalue weighted by Crippen LogP contribution is -2.31. The molecule has 1 aromatic carbocycles. The van der Waals surface area contributed by atoms with Crippen LogP contribution in [0.15, 0.2) is 18.2 Å². The second-order valence-corrected chi connectivity index (χ2v) is 4.38. The lowest BCUT2D eigenvalue weighted by molar-refractivity contribution is 0.390. The Balaban J connectivity index is 1.90. The Labute approximate surface area is 101 Å². The van der Waals surface area contributed by atoms with Gasteiger partial charge in [0.05, 0.1) is 5.56 Å². The Bertz CT molecular complexity index is 419. The van der Waals surface area contributed by atoms with E-state index < -0.39 is 5.82 Å². The van der Waals surface area contributed by atoms with Gasteiger partial charge in [0.1, 0.15) is 11.9 Å². The molecule has 0 amide bonds. The zero-order valence-electron chi connectivity index (χ0n) is 9.67. The van der Waals surface area contributed by atoms with Gasteiger partial charge in [0.15, 0.2) is 0 Å². The number of anilines is 1. The van der Waals surface area contributed by atoms with Gasteiger partial charge in [-0.1, -0.05) is 0 Å². The van der Waals surface area contributed by atoms with E-state index in [9.17, 15) is 4.39 Å². The maximum absolute atomic E-state index is 13.3. The summed E-state index contributed by atoms with van der Waals surface area (Å²) in [7, 11) is 0. The average Bonchev–Trinajstić information content (AvgIpc) is 2.38. The number of nitrogens with zero attached hydrogens (tertiary/aromatic N) is 1. The summed E-state index contributed by atoms with van der Waals surface area (Å²) in [5.74, 6) is 0.192. The molecule has 2 N–H and O–H groups in total. The summed E-state index contributed by atoms with van der Waals surface area (Å²) in [6, 6.07) is 6.47. The van der Waals surface area contributed by atoms with Crippen LogP contribution in [0.3, 0.4) is 0 Å². The molecule has 3 nitrogen and oxygen atoms in total. The van der Waals surface area contributed by atoms with Crippen LogP contribution >= 0.6 is 0 Å². The van der Waals surface area contributed by atoms with Gasteiger partial charge in [0.25, 0.3) is 0 Å². The molecule has 2 rings (SSSR count). The molecule has 0 radical (unpaired) electrons. The number of nitrogens with one attached hydrogen (secondary N) is 2. The number of rotatable bonds is 3. The molecule has 1 heterocycles. The maximum atomic E-state index is 13.3. The molecule has 0 saturated carbocycles. The highest BCUT2D eigenvalue weighted by molar-refractivity contribution is 5.48. The van der Waals surface area contributed by atoms with Crippen molar-refractivity contribution in [1.82, 2.24) is 5.32 Å². The molecule has 0 atom stereocenters. The van der Waals surface area contributed by atoms with Crippen molar-refractivity contribution >= 4 is 5.69 Å². The van der Waals surface area contributed by atoms with Crippen molar-refractivity contribution in [1.29, 1.82) is 5.26 Å². The van der Waals surface area contributed by atoms with E-state index in [1.54, 1.807) is 6.07 Å². The van der Waals surface area contributed by atoms with E-state index in [2.05, 4.69) is 10.6 Å². The molecular weight excluding hydrogens is 217 g/mol. The first-order valence-corrected chi connectivity index (χ1v) is 5.94. The van der Waals surface area contributed by atoms with E-state index >= 15 is 0 Å². The number of hydrogen-bond acceptors (Lipinski definition) is 3. The summed E-state index contributed by atoms with van der Waals surface area (Å²) >= 11 is 0. The summed E-state index contributed by atoms with van der Waals surface area (Å²) in [5, 5.41) is 15.2. The predicted molar refractivity (Wildman–Crippen MR) is 65.2 cm³/mol. The molecule has 1 aromatic rings. The minimum absolute atomic E-state index is 0.0948. The molecule has 1 fully saturated rings. The maximum Gasteiger partial charge on any atom is 0.143 e. The van der Waals surface area contributed by atoms with Gasteiger partial charge in [-0.05, 0) is 50.0 Å². The standard InChI is InChI=1S/C13H16FN3/c14-13-7-12(2-1-11(13)8-15)17-9-10-3-5-16-6-4-10/h1-2,7,10,16-17H,3-6,9H2. The first-order valence-electron chi connectivity index (χ1n) is 5.94. The van der Waals surface area contributed by atoms with Crippen LogP contribution < -0.4 is 10.6 Å². The van der Waals surface area contributed by atoms with Crippen molar-refractivity contribution in [2.75, 3.05) is 25.0 Å². The van der Waals surface area contributed by atoms with Gasteiger partial charge in [-0.15, -0.1) is 0 Å². The average molecular weight is 233 g/mol. The molecule has 1 saturated heterocycles. The Kier molecular flexibility index (Phi) is 3.94. The van der Waals surface area contributed by atoms with Crippen LogP contribution in [0.1, 0.15) is 18.4 Å². The summed E-state index contributed by atoms with van der Waals surface area (Å²) < 4.78 is 13.3. The van der Waals surface area contributed by atoms with Gasteiger partial charge in [-0.25, -0.2) is 4.39 Å². The fourth-order valence-corrected chi connectivity index (χ4v) is 2.06. The number of nitriles is 1. The highest BCUT2D eigenvalue weighted by atomic mass is 19.1. The van der Waals surface area contributed by atoms with Crippen molar-refractivity contribution in [3.8, 4) is 6.07 Å². The molecular formula is C13H16FN3. The highest BCUT2D eigenvalue weighted by Crippen LogP contribution is 2.16. The van der Waals surface area contributed by atoms with E-state index in [0.717, 1.165) is 38.2 Å². The SMILES string of the molecule is N#Cc1ccc(NCC2CCNCC2)cc1F. The van der Waals surface area contributed by atoms with Crippen LogP contribution in [0.5, 0.6) is 0 Å². The third kappa shape index (κ3) is 3.18. The van der Waals surface area contributed by atoms with E-state index in [4.69, 9.17) is 5.26 Å². The van der Waals surface area contributed by atoms with Crippen LogP contribution in [0.4, 0.5) is 10.1 Å². The third-order valence-electron chi connectivity index (χ3n) is 3.14. The number of benzene rings is 1. The molecule has 0 aromatic heterocycles. The molecule has 0 aliphatic carbocycles. The lowest BCUT2D eigenvalue weighted by Gasteiger charge is -2.23. The normalized spacial score (nSPS) is 16.5. The number of piperidine rings is 1. The summed E-state index contributed by atoms with van der Waals surface area (Å²) in [6.45, 7) is 3.00. The Morgan fingerprint density at radius 1 is 1.41 bits per heavy atom. The number of hydrogen-bond donors (Lipinski definition) is 2. The Morgan fingerprint density at radius 2 is 2.18 bits per heavy atom. The van der Waals surface area contributed by atoms with Gasteiger partial charge in [0.2, 0.25) is 0 Å². The van der Waals surface area contributed by atoms with Crippen molar-refractivity contribution in [3.05, 3.63) is 29.6 Å². The molecule has 17 heavy (non-hydrogen) atoms. The quantitative estimate of drug-likeness (QED) is 0.840. The van der Waals surface area contributed by atoms with E-state index in [1.165, 1.54) is 12.1 Å². The second-order valence-electron chi connectivity index (χ2n) is 4.38. The van der Waals surface area contributed by atoms with Gasteiger partial charge in [-0.2, -0.15) is 5.26 Å². The van der Waals surface area contributed by atoms with Crippen LogP contribution in [-0.4, -0.2) is 19.6 Å². The monoisotopic (exact) mass is 233 g/mol. The summed E-state index contributed by atoms with van der Waals surface area (Å²) in [4.78, 5) is 0. The van der Waals surface area contributed by atoms with E-state index in [1.807, 2.05) is 6.07 Å². The molecule has 0 bridgehead atoms. The van der Waals surface area contributed by atoms with Gasteiger partial charge >= 0.3 is 0 Å². The van der Waals surface area contributed by atoms with Crippen LogP contribution in [0.2, 0.25) is 0 Å². The fourth-order valence-electron chi connectivity index (χ4n) is 2.06. The minimum Gasteiger partial charge on any atom is -0.385 e. The van der Waals surface area contributed by atoms with Crippen molar-refractivity contribution in [3.63, 3.8) is 0 Å². The van der Waals surface area contributed by atoms with Gasteiger partial charge < -0.3 is 10.6 Å². The van der Waals surface area contributed by atoms with E-state index in [0.29, 0.717) is 5.92 Å². The zero-order chi connectivity index (χ0) is 12.1. The van der Waals surface area contributed by atoms with Crippen molar-refractivity contribution in [2.45, 2.75) is 12.8 Å². The first-order chi connectivity index (χ1) is 8.29. The molecule has 4 heteroatoms.